The first-order valence-corrected chi connectivity index (χ1v) is 7.32. The molecule has 1 unspecified atom stereocenters. The van der Waals surface area contributed by atoms with E-state index in [2.05, 4.69) is 5.32 Å². The standard InChI is InChI=1S/C12H17F2NO3S/c1-3-12(2,16)8-15-9-6-4-5-7-10(9)19(17,18)11(13)14/h4-7,11,15-16H,3,8H2,1-2H3. The Labute approximate surface area is 111 Å². The average molecular weight is 293 g/mol. The Morgan fingerprint density at radius 1 is 1.37 bits per heavy atom. The van der Waals surface area contributed by atoms with Crippen LogP contribution in [-0.4, -0.2) is 31.4 Å². The van der Waals surface area contributed by atoms with Crippen LogP contribution < -0.4 is 5.32 Å². The number of sulfone groups is 1. The number of para-hydroxylation sites is 1. The summed E-state index contributed by atoms with van der Waals surface area (Å²) in [5.41, 5.74) is -0.974. The van der Waals surface area contributed by atoms with E-state index in [0.29, 0.717) is 6.42 Å². The summed E-state index contributed by atoms with van der Waals surface area (Å²) in [6.07, 6.45) is 0.448. The highest BCUT2D eigenvalue weighted by atomic mass is 32.2. The molecule has 0 saturated carbocycles. The third-order valence-electron chi connectivity index (χ3n) is 2.85. The van der Waals surface area contributed by atoms with Crippen molar-refractivity contribution in [1.82, 2.24) is 0 Å². The van der Waals surface area contributed by atoms with E-state index in [1.807, 2.05) is 0 Å². The van der Waals surface area contributed by atoms with Crippen LogP contribution in [0, 0.1) is 0 Å². The Balaban J connectivity index is 3.05. The summed E-state index contributed by atoms with van der Waals surface area (Å²) in [4.78, 5) is -0.461. The molecule has 0 aliphatic carbocycles. The molecule has 0 aliphatic rings. The van der Waals surface area contributed by atoms with Gasteiger partial charge in [0.05, 0.1) is 16.2 Å². The number of halogens is 2. The zero-order valence-electron chi connectivity index (χ0n) is 10.7. The van der Waals surface area contributed by atoms with Crippen molar-refractivity contribution < 1.29 is 22.3 Å². The maximum Gasteiger partial charge on any atom is 0.341 e. The predicted molar refractivity (Wildman–Crippen MR) is 69.0 cm³/mol. The highest BCUT2D eigenvalue weighted by Gasteiger charge is 2.29. The molecule has 7 heteroatoms. The molecule has 0 aromatic heterocycles. The van der Waals surface area contributed by atoms with Crippen LogP contribution in [0.25, 0.3) is 0 Å². The Kier molecular flexibility index (Phi) is 4.86. The van der Waals surface area contributed by atoms with E-state index in [-0.39, 0.29) is 12.2 Å². The van der Waals surface area contributed by atoms with Crippen molar-refractivity contribution in [3.05, 3.63) is 24.3 Å². The highest BCUT2D eigenvalue weighted by molar-refractivity contribution is 7.91. The summed E-state index contributed by atoms with van der Waals surface area (Å²) in [5.74, 6) is -3.47. The van der Waals surface area contributed by atoms with Gasteiger partial charge in [-0.15, -0.1) is 0 Å². The molecule has 1 atom stereocenters. The molecule has 1 aromatic carbocycles. The van der Waals surface area contributed by atoms with Gasteiger partial charge in [0, 0.05) is 6.54 Å². The number of benzene rings is 1. The molecule has 0 heterocycles. The van der Waals surface area contributed by atoms with E-state index in [9.17, 15) is 22.3 Å². The van der Waals surface area contributed by atoms with Crippen molar-refractivity contribution in [2.45, 2.75) is 36.5 Å². The maximum atomic E-state index is 12.6. The fourth-order valence-corrected chi connectivity index (χ4v) is 2.27. The molecule has 19 heavy (non-hydrogen) atoms. The Hall–Kier alpha value is -1.21. The number of nitrogens with one attached hydrogen (secondary N) is 1. The van der Waals surface area contributed by atoms with Gasteiger partial charge in [0.2, 0.25) is 9.84 Å². The number of aliphatic hydroxyl groups is 1. The molecular formula is C12H17F2NO3S. The summed E-state index contributed by atoms with van der Waals surface area (Å²) in [7, 11) is -4.66. The van der Waals surface area contributed by atoms with Gasteiger partial charge in [-0.2, -0.15) is 8.78 Å². The van der Waals surface area contributed by atoms with E-state index in [1.165, 1.54) is 18.2 Å². The molecule has 1 rings (SSSR count). The Morgan fingerprint density at radius 2 is 1.95 bits per heavy atom. The summed E-state index contributed by atoms with van der Waals surface area (Å²) in [6, 6.07) is 5.41. The van der Waals surface area contributed by atoms with Gasteiger partial charge in [-0.1, -0.05) is 19.1 Å². The number of hydrogen-bond acceptors (Lipinski definition) is 4. The molecule has 108 valence electrons. The van der Waals surface area contributed by atoms with Crippen molar-refractivity contribution in [3.63, 3.8) is 0 Å². The lowest BCUT2D eigenvalue weighted by molar-refractivity contribution is 0.0697. The molecule has 0 amide bonds. The van der Waals surface area contributed by atoms with Crippen molar-refractivity contribution in [2.75, 3.05) is 11.9 Å². The molecule has 0 radical (unpaired) electrons. The SMILES string of the molecule is CCC(C)(O)CNc1ccccc1S(=O)(=O)C(F)F. The van der Waals surface area contributed by atoms with Gasteiger partial charge in [0.1, 0.15) is 0 Å². The van der Waals surface area contributed by atoms with Crippen LogP contribution in [0.5, 0.6) is 0 Å². The summed E-state index contributed by atoms with van der Waals surface area (Å²) < 4.78 is 48.1. The molecule has 4 nitrogen and oxygen atoms in total. The monoisotopic (exact) mass is 293 g/mol. The molecule has 0 spiro atoms. The molecule has 0 fully saturated rings. The van der Waals surface area contributed by atoms with Gasteiger partial charge in [0.25, 0.3) is 0 Å². The number of alkyl halides is 2. The lowest BCUT2D eigenvalue weighted by Gasteiger charge is -2.23. The third kappa shape index (κ3) is 3.87. The summed E-state index contributed by atoms with van der Waals surface area (Å²) in [5, 5.41) is 12.5. The van der Waals surface area contributed by atoms with E-state index >= 15 is 0 Å². The van der Waals surface area contributed by atoms with Crippen LogP contribution in [0.1, 0.15) is 20.3 Å². The van der Waals surface area contributed by atoms with E-state index in [1.54, 1.807) is 13.8 Å². The van der Waals surface area contributed by atoms with Gasteiger partial charge in [0.15, 0.2) is 0 Å². The smallest absolute Gasteiger partial charge is 0.341 e. The summed E-state index contributed by atoms with van der Waals surface area (Å²) >= 11 is 0. The normalized spacial score (nSPS) is 15.3. The fourth-order valence-electron chi connectivity index (χ4n) is 1.37. The second kappa shape index (κ2) is 5.83. The fraction of sp³-hybridized carbons (Fsp3) is 0.500. The summed E-state index contributed by atoms with van der Waals surface area (Å²) in [6.45, 7) is 3.41. The topological polar surface area (TPSA) is 66.4 Å². The van der Waals surface area contributed by atoms with Crippen molar-refractivity contribution in [3.8, 4) is 0 Å². The molecule has 2 N–H and O–H groups in total. The van der Waals surface area contributed by atoms with Crippen LogP contribution in [0.15, 0.2) is 29.2 Å². The van der Waals surface area contributed by atoms with Gasteiger partial charge >= 0.3 is 5.76 Å². The van der Waals surface area contributed by atoms with Crippen molar-refractivity contribution >= 4 is 15.5 Å². The van der Waals surface area contributed by atoms with Crippen molar-refractivity contribution in [2.24, 2.45) is 0 Å². The molecule has 0 aliphatic heterocycles. The average Bonchev–Trinajstić information content (AvgIpc) is 2.36. The first-order chi connectivity index (χ1) is 8.70. The van der Waals surface area contributed by atoms with Gasteiger partial charge in [-0.3, -0.25) is 0 Å². The van der Waals surface area contributed by atoms with Gasteiger partial charge in [-0.05, 0) is 25.5 Å². The zero-order valence-corrected chi connectivity index (χ0v) is 11.5. The molecule has 0 bridgehead atoms. The van der Waals surface area contributed by atoms with Crippen LogP contribution >= 0.6 is 0 Å². The minimum absolute atomic E-state index is 0.0662. The highest BCUT2D eigenvalue weighted by Crippen LogP contribution is 2.26. The van der Waals surface area contributed by atoms with E-state index in [4.69, 9.17) is 0 Å². The van der Waals surface area contributed by atoms with Gasteiger partial charge in [-0.25, -0.2) is 8.42 Å². The van der Waals surface area contributed by atoms with Crippen LogP contribution in [-0.2, 0) is 9.84 Å². The molecule has 1 aromatic rings. The second-order valence-electron chi connectivity index (χ2n) is 4.51. The van der Waals surface area contributed by atoms with Crippen molar-refractivity contribution in [1.29, 1.82) is 0 Å². The first kappa shape index (κ1) is 15.8. The molecular weight excluding hydrogens is 276 g/mol. The minimum Gasteiger partial charge on any atom is -0.388 e. The lowest BCUT2D eigenvalue weighted by Crippen LogP contribution is -2.32. The number of hydrogen-bond donors (Lipinski definition) is 2. The van der Waals surface area contributed by atoms with E-state index in [0.717, 1.165) is 6.07 Å². The zero-order chi connectivity index (χ0) is 14.7. The largest absolute Gasteiger partial charge is 0.388 e. The maximum absolute atomic E-state index is 12.6. The Bertz CT molecular complexity index is 530. The van der Waals surface area contributed by atoms with Gasteiger partial charge < -0.3 is 10.4 Å². The molecule has 0 saturated heterocycles. The second-order valence-corrected chi connectivity index (χ2v) is 6.39. The van der Waals surface area contributed by atoms with Crippen LogP contribution in [0.3, 0.4) is 0 Å². The first-order valence-electron chi connectivity index (χ1n) is 5.78. The number of rotatable bonds is 6. The predicted octanol–water partition coefficient (Wildman–Crippen LogP) is 2.26. The third-order valence-corrected chi connectivity index (χ3v) is 4.29. The number of anilines is 1. The lowest BCUT2D eigenvalue weighted by atomic mass is 10.0. The Morgan fingerprint density at radius 3 is 2.47 bits per heavy atom. The quantitative estimate of drug-likeness (QED) is 0.844. The minimum atomic E-state index is -4.66. The van der Waals surface area contributed by atoms with Crippen LogP contribution in [0.2, 0.25) is 0 Å². The van der Waals surface area contributed by atoms with E-state index < -0.39 is 26.1 Å². The van der Waals surface area contributed by atoms with Crippen LogP contribution in [0.4, 0.5) is 14.5 Å².